The van der Waals surface area contributed by atoms with E-state index in [9.17, 15) is 4.79 Å². The minimum absolute atomic E-state index is 0.210. The molecule has 2 aromatic carbocycles. The summed E-state index contributed by atoms with van der Waals surface area (Å²) in [6.45, 7) is 0. The SMILES string of the molecule is COc1cc(N)ccc1NC(=O)c1cc(I)ccc1Br. The van der Waals surface area contributed by atoms with Crippen molar-refractivity contribution in [1.29, 1.82) is 0 Å². The lowest BCUT2D eigenvalue weighted by Gasteiger charge is -2.11. The van der Waals surface area contributed by atoms with Crippen LogP contribution in [0.15, 0.2) is 40.9 Å². The van der Waals surface area contributed by atoms with Gasteiger partial charge in [0.05, 0.1) is 18.4 Å². The number of carbonyl (C=O) groups excluding carboxylic acids is 1. The van der Waals surface area contributed by atoms with E-state index in [-0.39, 0.29) is 5.91 Å². The topological polar surface area (TPSA) is 64.3 Å². The second kappa shape index (κ2) is 6.45. The smallest absolute Gasteiger partial charge is 0.256 e. The van der Waals surface area contributed by atoms with Gasteiger partial charge in [0.2, 0.25) is 0 Å². The third-order valence-corrected chi connectivity index (χ3v) is 4.01. The molecule has 0 saturated heterocycles. The van der Waals surface area contributed by atoms with Crippen LogP contribution in [0.4, 0.5) is 11.4 Å². The molecule has 104 valence electrons. The van der Waals surface area contributed by atoms with Crippen LogP contribution in [0, 0.1) is 3.57 Å². The first-order valence-electron chi connectivity index (χ1n) is 5.71. The maximum Gasteiger partial charge on any atom is 0.256 e. The Hall–Kier alpha value is -1.28. The molecular weight excluding hydrogens is 435 g/mol. The average Bonchev–Trinajstić information content (AvgIpc) is 2.43. The number of rotatable bonds is 3. The monoisotopic (exact) mass is 446 g/mol. The molecular formula is C14H12BrIN2O2. The van der Waals surface area contributed by atoms with Gasteiger partial charge in [-0.1, -0.05) is 0 Å². The number of carbonyl (C=O) groups is 1. The molecule has 0 heterocycles. The highest BCUT2D eigenvalue weighted by atomic mass is 127. The zero-order valence-corrected chi connectivity index (χ0v) is 14.4. The van der Waals surface area contributed by atoms with Gasteiger partial charge in [0.25, 0.3) is 5.91 Å². The first-order chi connectivity index (χ1) is 9.51. The van der Waals surface area contributed by atoms with E-state index in [1.54, 1.807) is 18.2 Å². The minimum atomic E-state index is -0.210. The molecule has 0 aromatic heterocycles. The van der Waals surface area contributed by atoms with Crippen LogP contribution in [0.1, 0.15) is 10.4 Å². The minimum Gasteiger partial charge on any atom is -0.494 e. The Morgan fingerprint density at radius 3 is 2.75 bits per heavy atom. The number of methoxy groups -OCH3 is 1. The van der Waals surface area contributed by atoms with Crippen molar-refractivity contribution in [2.45, 2.75) is 0 Å². The predicted molar refractivity (Wildman–Crippen MR) is 92.2 cm³/mol. The third kappa shape index (κ3) is 3.43. The van der Waals surface area contributed by atoms with Crippen molar-refractivity contribution in [3.8, 4) is 5.75 Å². The van der Waals surface area contributed by atoms with Crippen molar-refractivity contribution in [2.75, 3.05) is 18.2 Å². The van der Waals surface area contributed by atoms with Crippen molar-refractivity contribution >= 4 is 55.8 Å². The molecule has 0 unspecified atom stereocenters. The largest absolute Gasteiger partial charge is 0.494 e. The Morgan fingerprint density at radius 1 is 1.30 bits per heavy atom. The lowest BCUT2D eigenvalue weighted by molar-refractivity contribution is 0.102. The average molecular weight is 447 g/mol. The quantitative estimate of drug-likeness (QED) is 0.555. The summed E-state index contributed by atoms with van der Waals surface area (Å²) in [7, 11) is 1.53. The highest BCUT2D eigenvalue weighted by Gasteiger charge is 2.13. The number of nitrogen functional groups attached to an aromatic ring is 1. The van der Waals surface area contributed by atoms with Crippen LogP contribution in [0.25, 0.3) is 0 Å². The molecule has 0 radical (unpaired) electrons. The fraction of sp³-hybridized carbons (Fsp3) is 0.0714. The van der Waals surface area contributed by atoms with E-state index >= 15 is 0 Å². The Kier molecular flexibility index (Phi) is 4.87. The zero-order chi connectivity index (χ0) is 14.7. The second-order valence-corrected chi connectivity index (χ2v) is 6.14. The summed E-state index contributed by atoms with van der Waals surface area (Å²) < 4.78 is 6.94. The molecule has 0 aliphatic heterocycles. The van der Waals surface area contributed by atoms with E-state index in [1.807, 2.05) is 18.2 Å². The maximum absolute atomic E-state index is 12.3. The molecule has 0 atom stereocenters. The van der Waals surface area contributed by atoms with Crippen LogP contribution in [0.5, 0.6) is 5.75 Å². The highest BCUT2D eigenvalue weighted by Crippen LogP contribution is 2.28. The standard InChI is InChI=1S/C14H12BrIN2O2/c1-20-13-7-9(17)3-5-12(13)18-14(19)10-6-8(16)2-4-11(10)15/h2-7H,17H2,1H3,(H,18,19). The van der Waals surface area contributed by atoms with Crippen molar-refractivity contribution in [2.24, 2.45) is 0 Å². The van der Waals surface area contributed by atoms with Gasteiger partial charge in [-0.2, -0.15) is 0 Å². The molecule has 0 aliphatic rings. The number of halogens is 2. The van der Waals surface area contributed by atoms with Crippen LogP contribution in [0.2, 0.25) is 0 Å². The van der Waals surface area contributed by atoms with E-state index in [0.717, 1.165) is 8.04 Å². The molecule has 0 saturated carbocycles. The number of benzene rings is 2. The van der Waals surface area contributed by atoms with E-state index < -0.39 is 0 Å². The summed E-state index contributed by atoms with van der Waals surface area (Å²) in [5.41, 5.74) is 7.41. The molecule has 0 bridgehead atoms. The first kappa shape index (κ1) is 15.1. The number of hydrogen-bond acceptors (Lipinski definition) is 3. The number of nitrogens with one attached hydrogen (secondary N) is 1. The number of amides is 1. The van der Waals surface area contributed by atoms with E-state index in [2.05, 4.69) is 43.8 Å². The van der Waals surface area contributed by atoms with Gasteiger partial charge in [0.1, 0.15) is 5.75 Å². The molecule has 0 spiro atoms. The molecule has 0 aliphatic carbocycles. The Morgan fingerprint density at radius 2 is 2.05 bits per heavy atom. The lowest BCUT2D eigenvalue weighted by atomic mass is 10.2. The summed E-state index contributed by atoms with van der Waals surface area (Å²) in [4.78, 5) is 12.3. The Balaban J connectivity index is 2.30. The fourth-order valence-electron chi connectivity index (χ4n) is 1.67. The summed E-state index contributed by atoms with van der Waals surface area (Å²) in [6, 6.07) is 10.7. The van der Waals surface area contributed by atoms with Gasteiger partial charge in [-0.3, -0.25) is 4.79 Å². The summed E-state index contributed by atoms with van der Waals surface area (Å²) in [5.74, 6) is 0.318. The van der Waals surface area contributed by atoms with E-state index in [4.69, 9.17) is 10.5 Å². The van der Waals surface area contributed by atoms with Gasteiger partial charge in [-0.25, -0.2) is 0 Å². The van der Waals surface area contributed by atoms with Gasteiger partial charge < -0.3 is 15.8 Å². The Labute approximate surface area is 139 Å². The van der Waals surface area contributed by atoms with E-state index in [1.165, 1.54) is 7.11 Å². The van der Waals surface area contributed by atoms with Gasteiger partial charge in [-0.05, 0) is 68.9 Å². The fourth-order valence-corrected chi connectivity index (χ4v) is 2.59. The van der Waals surface area contributed by atoms with Crippen LogP contribution >= 0.6 is 38.5 Å². The molecule has 1 amide bonds. The van der Waals surface area contributed by atoms with Crippen LogP contribution < -0.4 is 15.8 Å². The van der Waals surface area contributed by atoms with Crippen LogP contribution in [-0.4, -0.2) is 13.0 Å². The number of anilines is 2. The maximum atomic E-state index is 12.3. The molecule has 6 heteroatoms. The summed E-state index contributed by atoms with van der Waals surface area (Å²) in [6.07, 6.45) is 0. The van der Waals surface area contributed by atoms with Crippen molar-refractivity contribution < 1.29 is 9.53 Å². The first-order valence-corrected chi connectivity index (χ1v) is 7.58. The molecule has 2 aromatic rings. The predicted octanol–water partition coefficient (Wildman–Crippen LogP) is 3.90. The van der Waals surface area contributed by atoms with Crippen LogP contribution in [0.3, 0.4) is 0 Å². The van der Waals surface area contributed by atoms with Crippen molar-refractivity contribution in [3.63, 3.8) is 0 Å². The lowest BCUT2D eigenvalue weighted by Crippen LogP contribution is -2.13. The summed E-state index contributed by atoms with van der Waals surface area (Å²) >= 11 is 5.54. The van der Waals surface area contributed by atoms with Gasteiger partial charge in [0, 0.05) is 19.8 Å². The van der Waals surface area contributed by atoms with E-state index in [0.29, 0.717) is 22.7 Å². The van der Waals surface area contributed by atoms with Crippen molar-refractivity contribution in [3.05, 3.63) is 50.0 Å². The number of ether oxygens (including phenoxy) is 1. The molecule has 3 N–H and O–H groups in total. The van der Waals surface area contributed by atoms with Gasteiger partial charge >= 0.3 is 0 Å². The molecule has 4 nitrogen and oxygen atoms in total. The number of hydrogen-bond donors (Lipinski definition) is 2. The Bertz CT molecular complexity index is 662. The third-order valence-electron chi connectivity index (χ3n) is 2.65. The highest BCUT2D eigenvalue weighted by molar-refractivity contribution is 14.1. The van der Waals surface area contributed by atoms with Crippen LogP contribution in [-0.2, 0) is 0 Å². The second-order valence-electron chi connectivity index (χ2n) is 4.04. The van der Waals surface area contributed by atoms with Gasteiger partial charge in [0.15, 0.2) is 0 Å². The van der Waals surface area contributed by atoms with Crippen molar-refractivity contribution in [1.82, 2.24) is 0 Å². The molecule has 2 rings (SSSR count). The van der Waals surface area contributed by atoms with Gasteiger partial charge in [-0.15, -0.1) is 0 Å². The molecule has 0 fully saturated rings. The molecule has 20 heavy (non-hydrogen) atoms. The number of nitrogens with two attached hydrogens (primary N) is 1. The normalized spacial score (nSPS) is 10.2. The zero-order valence-electron chi connectivity index (χ0n) is 10.6. The summed E-state index contributed by atoms with van der Waals surface area (Å²) in [5, 5.41) is 2.82.